The number of rotatable bonds is 5. The van der Waals surface area contributed by atoms with Crippen LogP contribution in [0.4, 0.5) is 9.18 Å². The van der Waals surface area contributed by atoms with Crippen molar-refractivity contribution in [3.8, 4) is 23.1 Å². The zero-order chi connectivity index (χ0) is 26.1. The number of carbonyl (C=O) groups is 1. The molecule has 1 aliphatic rings. The molecule has 4 rings (SSSR count). The average molecular weight is 509 g/mol. The first-order valence-corrected chi connectivity index (χ1v) is 13.2. The second-order valence-corrected chi connectivity index (χ2v) is 11.7. The minimum absolute atomic E-state index is 0.0466. The summed E-state index contributed by atoms with van der Waals surface area (Å²) >= 11 is 0. The minimum Gasteiger partial charge on any atom is -0.444 e. The maximum absolute atomic E-state index is 14.8. The lowest BCUT2D eigenvalue weighted by Crippen LogP contribution is -2.33. The molecule has 188 valence electrons. The molecule has 1 aromatic heterocycles. The third-order valence-corrected chi connectivity index (χ3v) is 7.18. The highest BCUT2D eigenvalue weighted by molar-refractivity contribution is 7.90. The lowest BCUT2D eigenvalue weighted by Gasteiger charge is -2.24. The fraction of sp³-hybridized carbons (Fsp3) is 0.321. The predicted octanol–water partition coefficient (Wildman–Crippen LogP) is 5.66. The third kappa shape index (κ3) is 5.97. The summed E-state index contributed by atoms with van der Waals surface area (Å²) in [4.78, 5) is 13.8. The van der Waals surface area contributed by atoms with Crippen molar-refractivity contribution in [1.29, 1.82) is 0 Å². The van der Waals surface area contributed by atoms with E-state index in [9.17, 15) is 17.6 Å². The number of carbonyl (C=O) groups excluding carboxylic acids is 1. The molecule has 1 amide bonds. The molecule has 1 saturated carbocycles. The highest BCUT2D eigenvalue weighted by atomic mass is 32.2. The summed E-state index contributed by atoms with van der Waals surface area (Å²) in [6, 6.07) is 14.0. The predicted molar refractivity (Wildman–Crippen MR) is 136 cm³/mol. The first-order valence-electron chi connectivity index (χ1n) is 11.7. The summed E-state index contributed by atoms with van der Waals surface area (Å²) in [6.45, 7) is 5.37. The number of aromatic nitrogens is 1. The molecule has 3 aromatic rings. The molecule has 1 heterocycles. The van der Waals surface area contributed by atoms with Crippen LogP contribution in [0.2, 0.25) is 0 Å². The maximum Gasteiger partial charge on any atom is 0.410 e. The van der Waals surface area contributed by atoms with E-state index >= 15 is 0 Å². The van der Waals surface area contributed by atoms with Crippen molar-refractivity contribution in [3.63, 3.8) is 0 Å². The van der Waals surface area contributed by atoms with Gasteiger partial charge in [-0.3, -0.25) is 0 Å². The van der Waals surface area contributed by atoms with Crippen molar-refractivity contribution in [1.82, 2.24) is 8.87 Å². The summed E-state index contributed by atoms with van der Waals surface area (Å²) in [5.74, 6) is 6.01. The molecular formula is C28H29FN2O4S. The molecule has 36 heavy (non-hydrogen) atoms. The number of amides is 1. The fourth-order valence-electron chi connectivity index (χ4n) is 3.59. The van der Waals surface area contributed by atoms with Crippen molar-refractivity contribution in [3.05, 3.63) is 77.7 Å². The summed E-state index contributed by atoms with van der Waals surface area (Å²) in [6.07, 6.45) is 3.01. The zero-order valence-electron chi connectivity index (χ0n) is 20.8. The van der Waals surface area contributed by atoms with Crippen LogP contribution in [-0.2, 0) is 21.3 Å². The van der Waals surface area contributed by atoms with Crippen LogP contribution in [0.25, 0.3) is 11.3 Å². The zero-order valence-corrected chi connectivity index (χ0v) is 21.6. The minimum atomic E-state index is -4.10. The van der Waals surface area contributed by atoms with Crippen LogP contribution in [0.3, 0.4) is 0 Å². The van der Waals surface area contributed by atoms with Gasteiger partial charge >= 0.3 is 6.09 Å². The van der Waals surface area contributed by atoms with Crippen LogP contribution in [0.5, 0.6) is 0 Å². The molecule has 6 nitrogen and oxygen atoms in total. The second-order valence-electron chi connectivity index (χ2n) is 9.92. The topological polar surface area (TPSA) is 68.6 Å². The van der Waals surface area contributed by atoms with Crippen LogP contribution >= 0.6 is 0 Å². The van der Waals surface area contributed by atoms with Gasteiger partial charge in [-0.15, -0.1) is 0 Å². The number of ether oxygens (including phenoxy) is 1. The van der Waals surface area contributed by atoms with E-state index in [1.807, 2.05) is 0 Å². The summed E-state index contributed by atoms with van der Waals surface area (Å²) in [5, 5.41) is 0. The Balaban J connectivity index is 1.74. The van der Waals surface area contributed by atoms with Crippen LogP contribution in [0, 0.1) is 23.6 Å². The number of hydrogen-bond donors (Lipinski definition) is 0. The van der Waals surface area contributed by atoms with Crippen molar-refractivity contribution in [2.45, 2.75) is 50.7 Å². The van der Waals surface area contributed by atoms with Crippen molar-refractivity contribution >= 4 is 16.1 Å². The normalized spacial score (nSPS) is 13.6. The van der Waals surface area contributed by atoms with Crippen molar-refractivity contribution in [2.75, 3.05) is 7.05 Å². The van der Waals surface area contributed by atoms with Gasteiger partial charge in [0.15, 0.2) is 0 Å². The Bertz CT molecular complexity index is 1450. The van der Waals surface area contributed by atoms with Gasteiger partial charge in [0.25, 0.3) is 10.0 Å². The number of benzene rings is 2. The van der Waals surface area contributed by atoms with Gasteiger partial charge < -0.3 is 9.64 Å². The largest absolute Gasteiger partial charge is 0.444 e. The first kappa shape index (κ1) is 25.5. The van der Waals surface area contributed by atoms with E-state index in [1.165, 1.54) is 35.4 Å². The van der Waals surface area contributed by atoms with E-state index in [1.54, 1.807) is 58.2 Å². The molecule has 1 fully saturated rings. The van der Waals surface area contributed by atoms with E-state index in [4.69, 9.17) is 4.74 Å². The molecular weight excluding hydrogens is 479 g/mol. The van der Waals surface area contributed by atoms with E-state index in [0.29, 0.717) is 17.0 Å². The van der Waals surface area contributed by atoms with Gasteiger partial charge in [-0.2, -0.15) is 0 Å². The van der Waals surface area contributed by atoms with Crippen LogP contribution in [0.15, 0.2) is 65.7 Å². The smallest absolute Gasteiger partial charge is 0.410 e. The van der Waals surface area contributed by atoms with Crippen LogP contribution < -0.4 is 0 Å². The lowest BCUT2D eigenvalue weighted by atomic mass is 10.1. The Morgan fingerprint density at radius 1 is 1.14 bits per heavy atom. The summed E-state index contributed by atoms with van der Waals surface area (Å²) in [7, 11) is -2.54. The van der Waals surface area contributed by atoms with Gasteiger partial charge in [0.1, 0.15) is 11.4 Å². The fourth-order valence-corrected chi connectivity index (χ4v) is 5.02. The molecule has 0 atom stereocenters. The first-order chi connectivity index (χ1) is 16.9. The van der Waals surface area contributed by atoms with Crippen LogP contribution in [-0.4, -0.2) is 36.0 Å². The molecule has 0 unspecified atom stereocenters. The van der Waals surface area contributed by atoms with Gasteiger partial charge in [0, 0.05) is 30.3 Å². The average Bonchev–Trinajstić information content (AvgIpc) is 3.55. The van der Waals surface area contributed by atoms with Crippen molar-refractivity contribution in [2.24, 2.45) is 5.92 Å². The molecule has 0 bridgehead atoms. The standard InChI is InChI=1S/C28H29FN2O4S/c1-28(2,3)35-27(32)30(4)18-22-17-26(24-10-5-6-11-25(24)29)31(19-22)36(33,34)23-9-7-8-21(16-23)15-14-20-12-13-20/h5-11,16-17,19-20H,12-13,18H2,1-4H3. The quantitative estimate of drug-likeness (QED) is 0.417. The Morgan fingerprint density at radius 2 is 1.86 bits per heavy atom. The molecule has 0 spiro atoms. The Kier molecular flexibility index (Phi) is 6.96. The Hall–Kier alpha value is -3.57. The highest BCUT2D eigenvalue weighted by Gasteiger charge is 2.25. The van der Waals surface area contributed by atoms with Gasteiger partial charge in [0.05, 0.1) is 17.1 Å². The number of nitrogens with zero attached hydrogens (tertiary/aromatic N) is 2. The van der Waals surface area contributed by atoms with Gasteiger partial charge in [-0.1, -0.05) is 30.0 Å². The summed E-state index contributed by atoms with van der Waals surface area (Å²) < 4.78 is 48.7. The molecule has 0 radical (unpaired) electrons. The number of halogens is 1. The molecule has 2 aromatic carbocycles. The Labute approximate surface area is 211 Å². The van der Waals surface area contributed by atoms with E-state index in [2.05, 4.69) is 11.8 Å². The lowest BCUT2D eigenvalue weighted by molar-refractivity contribution is 0.0285. The van der Waals surface area contributed by atoms with Gasteiger partial charge in [-0.25, -0.2) is 21.6 Å². The maximum atomic E-state index is 14.8. The molecule has 0 aliphatic heterocycles. The van der Waals surface area contributed by atoms with Gasteiger partial charge in [-0.05, 0) is 75.6 Å². The summed E-state index contributed by atoms with van der Waals surface area (Å²) in [5.41, 5.74) is 0.737. The van der Waals surface area contributed by atoms with Gasteiger partial charge in [0.2, 0.25) is 0 Å². The third-order valence-electron chi connectivity index (χ3n) is 5.51. The van der Waals surface area contributed by atoms with E-state index in [-0.39, 0.29) is 22.7 Å². The van der Waals surface area contributed by atoms with E-state index < -0.39 is 27.5 Å². The monoisotopic (exact) mass is 508 g/mol. The molecule has 1 aliphatic carbocycles. The SMILES string of the molecule is CN(Cc1cc(-c2ccccc2F)n(S(=O)(=O)c2cccc(C#CC3CC3)c2)c1)C(=O)OC(C)(C)C. The molecule has 0 saturated heterocycles. The second kappa shape index (κ2) is 9.82. The van der Waals surface area contributed by atoms with E-state index in [0.717, 1.165) is 16.8 Å². The van der Waals surface area contributed by atoms with Crippen molar-refractivity contribution < 1.29 is 22.3 Å². The highest BCUT2D eigenvalue weighted by Crippen LogP contribution is 2.30. The Morgan fingerprint density at radius 3 is 2.53 bits per heavy atom. The molecule has 8 heteroatoms. The molecule has 0 N–H and O–H groups in total. The van der Waals surface area contributed by atoms with Crippen LogP contribution in [0.1, 0.15) is 44.7 Å². The number of hydrogen-bond acceptors (Lipinski definition) is 4.